The third-order valence-corrected chi connectivity index (χ3v) is 3.87. The second kappa shape index (κ2) is 6.24. The summed E-state index contributed by atoms with van der Waals surface area (Å²) < 4.78 is 5.94. The van der Waals surface area contributed by atoms with E-state index >= 15 is 0 Å². The molecule has 1 heterocycles. The van der Waals surface area contributed by atoms with Gasteiger partial charge in [0.1, 0.15) is 18.1 Å². The summed E-state index contributed by atoms with van der Waals surface area (Å²) in [5, 5.41) is 9.88. The molecule has 0 aromatic heterocycles. The summed E-state index contributed by atoms with van der Waals surface area (Å²) in [6.07, 6.45) is 3.19. The van der Waals surface area contributed by atoms with E-state index in [0.717, 1.165) is 41.0 Å². The standard InChI is InChI=1S/C19H21NO2/c1-20(2)11-5-7-16-17-6-3-4-8-19(17)22-13-14-9-10-15(21)12-18(14)16/h3-4,6-10,12,21H,5,11,13H2,1-2H3. The van der Waals surface area contributed by atoms with Crippen LogP contribution >= 0.6 is 0 Å². The van der Waals surface area contributed by atoms with Crippen molar-refractivity contribution in [1.82, 2.24) is 4.90 Å². The SMILES string of the molecule is CN(C)CCC=C1c2cc(O)ccc2COc2ccccc21. The van der Waals surface area contributed by atoms with Crippen LogP contribution in [0.3, 0.4) is 0 Å². The van der Waals surface area contributed by atoms with Crippen LogP contribution < -0.4 is 4.74 Å². The zero-order valence-corrected chi connectivity index (χ0v) is 13.0. The van der Waals surface area contributed by atoms with Gasteiger partial charge in [-0.15, -0.1) is 0 Å². The molecule has 3 rings (SSSR count). The van der Waals surface area contributed by atoms with E-state index < -0.39 is 0 Å². The molecule has 0 amide bonds. The molecule has 2 aromatic rings. The Morgan fingerprint density at radius 1 is 1.14 bits per heavy atom. The number of para-hydroxylation sites is 1. The van der Waals surface area contributed by atoms with Gasteiger partial charge in [0.2, 0.25) is 0 Å². The zero-order valence-electron chi connectivity index (χ0n) is 13.0. The van der Waals surface area contributed by atoms with Gasteiger partial charge < -0.3 is 14.7 Å². The molecule has 1 aliphatic rings. The van der Waals surface area contributed by atoms with Crippen molar-refractivity contribution in [1.29, 1.82) is 0 Å². The van der Waals surface area contributed by atoms with Crippen LogP contribution in [-0.2, 0) is 6.61 Å². The van der Waals surface area contributed by atoms with Crippen LogP contribution in [0.1, 0.15) is 23.1 Å². The number of fused-ring (bicyclic) bond motifs is 2. The minimum Gasteiger partial charge on any atom is -0.508 e. The molecular formula is C19H21NO2. The van der Waals surface area contributed by atoms with Crippen molar-refractivity contribution in [3.63, 3.8) is 0 Å². The lowest BCUT2D eigenvalue weighted by molar-refractivity contribution is 0.307. The molecule has 22 heavy (non-hydrogen) atoms. The number of aromatic hydroxyl groups is 1. The van der Waals surface area contributed by atoms with E-state index in [1.54, 1.807) is 6.07 Å². The number of hydrogen-bond acceptors (Lipinski definition) is 3. The fourth-order valence-electron chi connectivity index (χ4n) is 2.74. The van der Waals surface area contributed by atoms with Gasteiger partial charge >= 0.3 is 0 Å². The highest BCUT2D eigenvalue weighted by molar-refractivity contribution is 5.85. The van der Waals surface area contributed by atoms with Gasteiger partial charge in [-0.25, -0.2) is 0 Å². The predicted molar refractivity (Wildman–Crippen MR) is 89.1 cm³/mol. The first-order valence-electron chi connectivity index (χ1n) is 7.54. The average molecular weight is 295 g/mol. The van der Waals surface area contributed by atoms with E-state index in [4.69, 9.17) is 4.74 Å². The summed E-state index contributed by atoms with van der Waals surface area (Å²) in [4.78, 5) is 2.17. The zero-order chi connectivity index (χ0) is 15.5. The van der Waals surface area contributed by atoms with Gasteiger partial charge in [0.05, 0.1) is 0 Å². The lowest BCUT2D eigenvalue weighted by atomic mass is 9.93. The number of phenols is 1. The fraction of sp³-hybridized carbons (Fsp3) is 0.263. The molecule has 0 saturated carbocycles. The third-order valence-electron chi connectivity index (χ3n) is 3.87. The number of hydrogen-bond donors (Lipinski definition) is 1. The normalized spacial score (nSPS) is 15.1. The van der Waals surface area contributed by atoms with Gasteiger partial charge in [0.15, 0.2) is 0 Å². The molecule has 3 heteroatoms. The molecule has 0 fully saturated rings. The highest BCUT2D eigenvalue weighted by atomic mass is 16.5. The Labute approximate surface area is 131 Å². The number of benzene rings is 2. The summed E-state index contributed by atoms with van der Waals surface area (Å²) in [6, 6.07) is 13.6. The van der Waals surface area contributed by atoms with Gasteiger partial charge in [0, 0.05) is 12.1 Å². The van der Waals surface area contributed by atoms with Crippen molar-refractivity contribution in [3.05, 3.63) is 65.2 Å². The van der Waals surface area contributed by atoms with Crippen molar-refractivity contribution in [2.75, 3.05) is 20.6 Å². The van der Waals surface area contributed by atoms with E-state index in [9.17, 15) is 5.11 Å². The topological polar surface area (TPSA) is 32.7 Å². The first-order valence-corrected chi connectivity index (χ1v) is 7.54. The first kappa shape index (κ1) is 14.7. The molecule has 1 N–H and O–H groups in total. The molecule has 1 aliphatic heterocycles. The molecule has 114 valence electrons. The number of nitrogens with zero attached hydrogens (tertiary/aromatic N) is 1. The molecule has 0 unspecified atom stereocenters. The lowest BCUT2D eigenvalue weighted by Gasteiger charge is -2.12. The summed E-state index contributed by atoms with van der Waals surface area (Å²) >= 11 is 0. The Kier molecular flexibility index (Phi) is 4.16. The highest BCUT2D eigenvalue weighted by Gasteiger charge is 2.19. The van der Waals surface area contributed by atoms with E-state index in [1.807, 2.05) is 30.3 Å². The van der Waals surface area contributed by atoms with Gasteiger partial charge in [-0.05, 0) is 55.4 Å². The van der Waals surface area contributed by atoms with E-state index in [2.05, 4.69) is 31.1 Å². The molecule has 0 saturated heterocycles. The maximum Gasteiger partial charge on any atom is 0.127 e. The van der Waals surface area contributed by atoms with Crippen LogP contribution in [0.2, 0.25) is 0 Å². The van der Waals surface area contributed by atoms with Crippen LogP contribution in [0.25, 0.3) is 5.57 Å². The van der Waals surface area contributed by atoms with Crippen molar-refractivity contribution < 1.29 is 9.84 Å². The Morgan fingerprint density at radius 3 is 2.77 bits per heavy atom. The third kappa shape index (κ3) is 3.00. The van der Waals surface area contributed by atoms with Crippen LogP contribution in [0.4, 0.5) is 0 Å². The van der Waals surface area contributed by atoms with Crippen molar-refractivity contribution >= 4 is 5.57 Å². The molecule has 0 bridgehead atoms. The molecule has 0 spiro atoms. The largest absolute Gasteiger partial charge is 0.508 e. The summed E-state index contributed by atoms with van der Waals surface area (Å²) in [5.41, 5.74) is 4.39. The first-order chi connectivity index (χ1) is 10.6. The van der Waals surface area contributed by atoms with Gasteiger partial charge in [-0.2, -0.15) is 0 Å². The predicted octanol–water partition coefficient (Wildman–Crippen LogP) is 3.67. The second-order valence-electron chi connectivity index (χ2n) is 5.84. The Morgan fingerprint density at radius 2 is 1.95 bits per heavy atom. The van der Waals surface area contributed by atoms with Crippen LogP contribution in [0.5, 0.6) is 11.5 Å². The highest BCUT2D eigenvalue weighted by Crippen LogP contribution is 2.38. The van der Waals surface area contributed by atoms with Crippen molar-refractivity contribution in [3.8, 4) is 11.5 Å². The van der Waals surface area contributed by atoms with Crippen LogP contribution in [0, 0.1) is 0 Å². The number of rotatable bonds is 3. The number of phenolic OH excluding ortho intramolecular Hbond substituents is 1. The molecule has 2 aromatic carbocycles. The summed E-state index contributed by atoms with van der Waals surface area (Å²) in [5.74, 6) is 1.19. The quantitative estimate of drug-likeness (QED) is 0.938. The summed E-state index contributed by atoms with van der Waals surface area (Å²) in [6.45, 7) is 1.51. The van der Waals surface area contributed by atoms with Crippen molar-refractivity contribution in [2.45, 2.75) is 13.0 Å². The molecule has 0 aliphatic carbocycles. The molecule has 0 radical (unpaired) electrons. The van der Waals surface area contributed by atoms with Gasteiger partial charge in [-0.3, -0.25) is 0 Å². The Hall–Kier alpha value is -2.26. The minimum absolute atomic E-state index is 0.289. The van der Waals surface area contributed by atoms with E-state index in [1.165, 1.54) is 0 Å². The number of ether oxygens (including phenoxy) is 1. The minimum atomic E-state index is 0.289. The van der Waals surface area contributed by atoms with Crippen LogP contribution in [-0.4, -0.2) is 30.6 Å². The second-order valence-corrected chi connectivity index (χ2v) is 5.84. The van der Waals surface area contributed by atoms with Crippen molar-refractivity contribution in [2.24, 2.45) is 0 Å². The van der Waals surface area contributed by atoms with Gasteiger partial charge in [0.25, 0.3) is 0 Å². The Bertz CT molecular complexity index is 704. The molecule has 3 nitrogen and oxygen atoms in total. The molecular weight excluding hydrogens is 274 g/mol. The lowest BCUT2D eigenvalue weighted by Crippen LogP contribution is -2.12. The Balaban J connectivity index is 2.10. The van der Waals surface area contributed by atoms with E-state index in [0.29, 0.717) is 6.61 Å². The monoisotopic (exact) mass is 295 g/mol. The van der Waals surface area contributed by atoms with Gasteiger partial charge in [-0.1, -0.05) is 30.3 Å². The molecule has 0 atom stereocenters. The summed E-state index contributed by atoms with van der Waals surface area (Å²) in [7, 11) is 4.14. The maximum absolute atomic E-state index is 9.88. The maximum atomic E-state index is 9.88. The smallest absolute Gasteiger partial charge is 0.127 e. The average Bonchev–Trinajstić information content (AvgIpc) is 2.65. The van der Waals surface area contributed by atoms with E-state index in [-0.39, 0.29) is 5.75 Å². The fourth-order valence-corrected chi connectivity index (χ4v) is 2.74. The van der Waals surface area contributed by atoms with Crippen LogP contribution in [0.15, 0.2) is 48.5 Å².